The maximum atomic E-state index is 12.0. The largest absolute Gasteiger partial charge is 0.477 e. The molecular weight excluding hydrogens is 308 g/mol. The summed E-state index contributed by atoms with van der Waals surface area (Å²) in [7, 11) is 1.46. The van der Waals surface area contributed by atoms with Gasteiger partial charge in [-0.1, -0.05) is 0 Å². The number of carboxylic acids is 1. The molecule has 110 valence electrons. The molecule has 1 unspecified atom stereocenters. The van der Waals surface area contributed by atoms with E-state index in [1.807, 2.05) is 0 Å². The van der Waals surface area contributed by atoms with Crippen molar-refractivity contribution in [1.29, 1.82) is 0 Å². The van der Waals surface area contributed by atoms with Crippen LogP contribution >= 0.6 is 23.4 Å². The van der Waals surface area contributed by atoms with Crippen molar-refractivity contribution in [2.75, 3.05) is 25.3 Å². The molecule has 9 heteroatoms. The zero-order chi connectivity index (χ0) is 14.9. The van der Waals surface area contributed by atoms with Gasteiger partial charge in [-0.15, -0.1) is 23.4 Å². The predicted molar refractivity (Wildman–Crippen MR) is 72.3 cm³/mol. The first-order chi connectivity index (χ1) is 9.51. The first-order valence-corrected chi connectivity index (χ1v) is 7.33. The SMILES string of the molecule is COCC1=C(C(=O)O)N2C(=O)C(NC(=O)CCl)[C@H]2SC1. The number of ether oxygens (including phenoxy) is 1. The molecule has 2 N–H and O–H groups in total. The van der Waals surface area contributed by atoms with Gasteiger partial charge in [-0.25, -0.2) is 4.79 Å². The minimum Gasteiger partial charge on any atom is -0.477 e. The second kappa shape index (κ2) is 6.02. The molecule has 1 saturated heterocycles. The summed E-state index contributed by atoms with van der Waals surface area (Å²) in [6.45, 7) is 0.157. The first-order valence-electron chi connectivity index (χ1n) is 5.75. The van der Waals surface area contributed by atoms with E-state index in [1.54, 1.807) is 0 Å². The van der Waals surface area contributed by atoms with Crippen molar-refractivity contribution in [2.24, 2.45) is 0 Å². The highest BCUT2D eigenvalue weighted by Crippen LogP contribution is 2.40. The maximum absolute atomic E-state index is 12.0. The highest BCUT2D eigenvalue weighted by Gasteiger charge is 2.54. The predicted octanol–water partition coefficient (Wildman–Crippen LogP) is -0.390. The van der Waals surface area contributed by atoms with E-state index in [1.165, 1.54) is 23.8 Å². The molecule has 2 atom stereocenters. The lowest BCUT2D eigenvalue weighted by Gasteiger charge is -2.49. The number of fused-ring (bicyclic) bond motifs is 1. The number of carbonyl (C=O) groups is 3. The highest BCUT2D eigenvalue weighted by atomic mass is 35.5. The van der Waals surface area contributed by atoms with Crippen LogP contribution in [0.25, 0.3) is 0 Å². The Morgan fingerprint density at radius 3 is 2.85 bits per heavy atom. The fourth-order valence-electron chi connectivity index (χ4n) is 2.18. The normalized spacial score (nSPS) is 25.1. The van der Waals surface area contributed by atoms with Gasteiger partial charge in [0.15, 0.2) is 0 Å². The number of carbonyl (C=O) groups excluding carboxylic acids is 2. The lowest BCUT2D eigenvalue weighted by Crippen LogP contribution is -2.70. The van der Waals surface area contributed by atoms with Crippen LogP contribution < -0.4 is 5.32 Å². The van der Waals surface area contributed by atoms with E-state index in [-0.39, 0.29) is 18.2 Å². The number of aliphatic carboxylic acids is 1. The molecule has 0 aromatic heterocycles. The summed E-state index contributed by atoms with van der Waals surface area (Å²) in [6, 6.07) is -0.718. The fraction of sp³-hybridized carbons (Fsp3) is 0.545. The second-order valence-corrected chi connectivity index (χ2v) is 5.65. The third-order valence-electron chi connectivity index (χ3n) is 3.01. The number of halogens is 1. The van der Waals surface area contributed by atoms with Crippen LogP contribution in [0.4, 0.5) is 0 Å². The van der Waals surface area contributed by atoms with Crippen molar-refractivity contribution in [2.45, 2.75) is 11.4 Å². The van der Waals surface area contributed by atoms with Gasteiger partial charge in [0.1, 0.15) is 23.0 Å². The van der Waals surface area contributed by atoms with Gasteiger partial charge < -0.3 is 15.2 Å². The Morgan fingerprint density at radius 2 is 2.30 bits per heavy atom. The van der Waals surface area contributed by atoms with Crippen LogP contribution in [0, 0.1) is 0 Å². The monoisotopic (exact) mass is 320 g/mol. The third-order valence-corrected chi connectivity index (χ3v) is 4.59. The topological polar surface area (TPSA) is 95.9 Å². The molecule has 0 radical (unpaired) electrons. The molecule has 2 heterocycles. The molecule has 0 bridgehead atoms. The van der Waals surface area contributed by atoms with Crippen LogP contribution in [-0.2, 0) is 19.1 Å². The fourth-order valence-corrected chi connectivity index (χ4v) is 3.59. The Kier molecular flexibility index (Phi) is 4.56. The summed E-state index contributed by atoms with van der Waals surface area (Å²) in [5.41, 5.74) is 0.508. The zero-order valence-corrected chi connectivity index (χ0v) is 12.2. The number of thioether (sulfide) groups is 1. The summed E-state index contributed by atoms with van der Waals surface area (Å²) in [5, 5.41) is 11.4. The highest BCUT2D eigenvalue weighted by molar-refractivity contribution is 8.00. The number of nitrogens with zero attached hydrogens (tertiary/aromatic N) is 1. The van der Waals surface area contributed by atoms with E-state index in [0.717, 1.165) is 0 Å². The van der Waals surface area contributed by atoms with E-state index >= 15 is 0 Å². The molecule has 20 heavy (non-hydrogen) atoms. The number of hydrogen-bond donors (Lipinski definition) is 2. The molecule has 2 aliphatic heterocycles. The smallest absolute Gasteiger partial charge is 0.352 e. The Labute approximate surface area is 124 Å². The summed E-state index contributed by atoms with van der Waals surface area (Å²) in [5.74, 6) is -1.85. The van der Waals surface area contributed by atoms with Gasteiger partial charge in [0.05, 0.1) is 6.61 Å². The summed E-state index contributed by atoms with van der Waals surface area (Å²) in [6.07, 6.45) is 0. The molecular formula is C11H13ClN2O5S. The molecule has 2 amide bonds. The Hall–Kier alpha value is -1.25. The minimum atomic E-state index is -1.17. The summed E-state index contributed by atoms with van der Waals surface area (Å²) >= 11 is 6.77. The molecule has 0 aliphatic carbocycles. The van der Waals surface area contributed by atoms with Crippen LogP contribution in [-0.4, -0.2) is 64.6 Å². The molecule has 0 spiro atoms. The standard InChI is InChI=1S/C11H13ClN2O5S/c1-19-3-5-4-20-10-7(13-6(15)2-12)9(16)14(10)8(5)11(17)18/h7,10H,2-4H2,1H3,(H,13,15)(H,17,18)/t7?,10-/m1/s1. The Balaban J connectivity index is 2.21. The van der Waals surface area contributed by atoms with Crippen molar-refractivity contribution < 1.29 is 24.2 Å². The van der Waals surface area contributed by atoms with Gasteiger partial charge in [0, 0.05) is 12.9 Å². The molecule has 0 saturated carbocycles. The van der Waals surface area contributed by atoms with Gasteiger partial charge in [0.25, 0.3) is 5.91 Å². The van der Waals surface area contributed by atoms with Crippen molar-refractivity contribution in [1.82, 2.24) is 10.2 Å². The summed E-state index contributed by atoms with van der Waals surface area (Å²) in [4.78, 5) is 35.8. The number of alkyl halides is 1. The van der Waals surface area contributed by atoms with E-state index < -0.39 is 29.2 Å². The molecule has 7 nitrogen and oxygen atoms in total. The van der Waals surface area contributed by atoms with E-state index in [9.17, 15) is 19.5 Å². The van der Waals surface area contributed by atoms with Gasteiger partial charge in [-0.05, 0) is 5.57 Å². The van der Waals surface area contributed by atoms with Gasteiger partial charge in [-0.2, -0.15) is 0 Å². The molecule has 0 aromatic rings. The van der Waals surface area contributed by atoms with E-state index in [4.69, 9.17) is 16.3 Å². The number of nitrogens with one attached hydrogen (secondary N) is 1. The number of hydrogen-bond acceptors (Lipinski definition) is 5. The average Bonchev–Trinajstić information content (AvgIpc) is 2.43. The number of β-lactam (4-membered cyclic amide) rings is 1. The van der Waals surface area contributed by atoms with Gasteiger partial charge >= 0.3 is 5.97 Å². The first kappa shape index (κ1) is 15.1. The van der Waals surface area contributed by atoms with Crippen molar-refractivity contribution in [3.05, 3.63) is 11.3 Å². The number of carboxylic acid groups (broad SMARTS) is 1. The average molecular weight is 321 g/mol. The molecule has 2 rings (SSSR count). The van der Waals surface area contributed by atoms with Crippen LogP contribution in [0.1, 0.15) is 0 Å². The van der Waals surface area contributed by atoms with Crippen molar-refractivity contribution >= 4 is 41.1 Å². The van der Waals surface area contributed by atoms with E-state index in [2.05, 4.69) is 5.32 Å². The lowest BCUT2D eigenvalue weighted by molar-refractivity contribution is -0.150. The number of methoxy groups -OCH3 is 1. The minimum absolute atomic E-state index is 0.0445. The van der Waals surface area contributed by atoms with Gasteiger partial charge in [-0.3, -0.25) is 14.5 Å². The van der Waals surface area contributed by atoms with Gasteiger partial charge in [0.2, 0.25) is 5.91 Å². The lowest BCUT2D eigenvalue weighted by atomic mass is 10.0. The maximum Gasteiger partial charge on any atom is 0.352 e. The Bertz CT molecular complexity index is 495. The number of amides is 2. The Morgan fingerprint density at radius 1 is 1.60 bits per heavy atom. The molecule has 0 aromatic carbocycles. The van der Waals surface area contributed by atoms with Crippen molar-refractivity contribution in [3.63, 3.8) is 0 Å². The quantitative estimate of drug-likeness (QED) is 0.529. The molecule has 1 fully saturated rings. The number of rotatable bonds is 5. The second-order valence-electron chi connectivity index (χ2n) is 4.28. The molecule has 2 aliphatic rings. The van der Waals surface area contributed by atoms with Crippen LogP contribution in [0.3, 0.4) is 0 Å². The van der Waals surface area contributed by atoms with E-state index in [0.29, 0.717) is 11.3 Å². The third kappa shape index (κ3) is 2.50. The zero-order valence-electron chi connectivity index (χ0n) is 10.6. The van der Waals surface area contributed by atoms with Crippen LogP contribution in [0.15, 0.2) is 11.3 Å². The van der Waals surface area contributed by atoms with Crippen molar-refractivity contribution in [3.8, 4) is 0 Å². The van der Waals surface area contributed by atoms with Crippen LogP contribution in [0.2, 0.25) is 0 Å². The van der Waals surface area contributed by atoms with Crippen LogP contribution in [0.5, 0.6) is 0 Å². The summed E-state index contributed by atoms with van der Waals surface area (Å²) < 4.78 is 4.95.